The number of rotatable bonds is 7. The fourth-order valence-corrected chi connectivity index (χ4v) is 1.90. The lowest BCUT2D eigenvalue weighted by Crippen LogP contribution is -2.43. The third-order valence-corrected chi connectivity index (χ3v) is 3.42. The maximum absolute atomic E-state index is 9.17. The number of H-pyrrole nitrogens is 1. The van der Waals surface area contributed by atoms with E-state index in [2.05, 4.69) is 20.5 Å². The molecule has 0 aromatic carbocycles. The van der Waals surface area contributed by atoms with Gasteiger partial charge in [-0.05, 0) is 26.8 Å². The van der Waals surface area contributed by atoms with E-state index in [0.717, 1.165) is 23.8 Å². The van der Waals surface area contributed by atoms with E-state index >= 15 is 0 Å². The summed E-state index contributed by atoms with van der Waals surface area (Å²) in [7, 11) is 1.87. The SMILES string of the molecule is CNC(C)(CO)CCCSc1ncn[nH]1. The van der Waals surface area contributed by atoms with E-state index in [-0.39, 0.29) is 12.1 Å². The molecular weight excluding hydrogens is 212 g/mol. The van der Waals surface area contributed by atoms with Crippen molar-refractivity contribution < 1.29 is 5.11 Å². The number of aromatic nitrogens is 3. The Morgan fingerprint density at radius 1 is 1.67 bits per heavy atom. The number of hydrogen-bond donors (Lipinski definition) is 3. The summed E-state index contributed by atoms with van der Waals surface area (Å²) >= 11 is 1.65. The molecule has 0 aliphatic rings. The Morgan fingerprint density at radius 2 is 2.47 bits per heavy atom. The van der Waals surface area contributed by atoms with Gasteiger partial charge in [0.1, 0.15) is 6.33 Å². The quantitative estimate of drug-likeness (QED) is 0.474. The number of nitrogens with zero attached hydrogens (tertiary/aromatic N) is 2. The zero-order valence-electron chi connectivity index (χ0n) is 9.16. The minimum Gasteiger partial charge on any atom is -0.394 e. The molecule has 0 amide bonds. The van der Waals surface area contributed by atoms with Gasteiger partial charge in [0.15, 0.2) is 5.16 Å². The standard InChI is InChI=1S/C9H18N4OS/c1-9(6-14,10-2)4-3-5-15-8-11-7-12-13-8/h7,10,14H,3-6H2,1-2H3,(H,11,12,13). The van der Waals surface area contributed by atoms with Crippen molar-refractivity contribution in [3.8, 4) is 0 Å². The molecule has 86 valence electrons. The Hall–Kier alpha value is -0.590. The van der Waals surface area contributed by atoms with Crippen molar-refractivity contribution >= 4 is 11.8 Å². The molecule has 0 saturated carbocycles. The summed E-state index contributed by atoms with van der Waals surface area (Å²) in [5.41, 5.74) is -0.165. The van der Waals surface area contributed by atoms with E-state index in [4.69, 9.17) is 0 Å². The van der Waals surface area contributed by atoms with Crippen LogP contribution in [-0.2, 0) is 0 Å². The number of aliphatic hydroxyl groups excluding tert-OH is 1. The molecule has 0 saturated heterocycles. The van der Waals surface area contributed by atoms with Crippen molar-refractivity contribution in [3.63, 3.8) is 0 Å². The first-order valence-electron chi connectivity index (χ1n) is 4.98. The number of aromatic amines is 1. The molecule has 0 aliphatic heterocycles. The van der Waals surface area contributed by atoms with Gasteiger partial charge in [-0.15, -0.1) is 0 Å². The fraction of sp³-hybridized carbons (Fsp3) is 0.778. The second-order valence-corrected chi connectivity index (χ2v) is 4.80. The van der Waals surface area contributed by atoms with Gasteiger partial charge in [-0.1, -0.05) is 11.8 Å². The molecule has 0 aliphatic carbocycles. The van der Waals surface area contributed by atoms with Crippen molar-refractivity contribution in [2.45, 2.75) is 30.5 Å². The average molecular weight is 230 g/mol. The van der Waals surface area contributed by atoms with Crippen LogP contribution in [0.15, 0.2) is 11.5 Å². The van der Waals surface area contributed by atoms with Crippen LogP contribution in [0.3, 0.4) is 0 Å². The van der Waals surface area contributed by atoms with Gasteiger partial charge >= 0.3 is 0 Å². The number of aliphatic hydroxyl groups is 1. The molecule has 5 nitrogen and oxygen atoms in total. The summed E-state index contributed by atoms with van der Waals surface area (Å²) in [6, 6.07) is 0. The lowest BCUT2D eigenvalue weighted by atomic mass is 9.98. The zero-order valence-corrected chi connectivity index (χ0v) is 9.97. The lowest BCUT2D eigenvalue weighted by Gasteiger charge is -2.26. The normalized spacial score (nSPS) is 15.1. The van der Waals surface area contributed by atoms with Gasteiger partial charge < -0.3 is 10.4 Å². The number of thioether (sulfide) groups is 1. The second kappa shape index (κ2) is 6.09. The molecule has 1 atom stereocenters. The van der Waals surface area contributed by atoms with Gasteiger partial charge in [0.05, 0.1) is 6.61 Å². The molecular formula is C9H18N4OS. The van der Waals surface area contributed by atoms with Crippen LogP contribution < -0.4 is 5.32 Å². The fourth-order valence-electron chi connectivity index (χ4n) is 1.18. The Bertz CT molecular complexity index is 261. The smallest absolute Gasteiger partial charge is 0.183 e. The Morgan fingerprint density at radius 3 is 3.00 bits per heavy atom. The van der Waals surface area contributed by atoms with Crippen molar-refractivity contribution in [2.75, 3.05) is 19.4 Å². The number of nitrogens with one attached hydrogen (secondary N) is 2. The van der Waals surface area contributed by atoms with E-state index in [9.17, 15) is 5.11 Å². The van der Waals surface area contributed by atoms with Gasteiger partial charge in [0.25, 0.3) is 0 Å². The minimum atomic E-state index is -0.165. The molecule has 6 heteroatoms. The third kappa shape index (κ3) is 4.19. The first kappa shape index (κ1) is 12.5. The highest BCUT2D eigenvalue weighted by Gasteiger charge is 2.19. The molecule has 1 rings (SSSR count). The van der Waals surface area contributed by atoms with Crippen LogP contribution in [0, 0.1) is 0 Å². The molecule has 0 spiro atoms. The summed E-state index contributed by atoms with van der Waals surface area (Å²) in [5.74, 6) is 0.979. The van der Waals surface area contributed by atoms with Crippen LogP contribution in [-0.4, -0.2) is 45.2 Å². The molecule has 3 N–H and O–H groups in total. The van der Waals surface area contributed by atoms with E-state index < -0.39 is 0 Å². The lowest BCUT2D eigenvalue weighted by molar-refractivity contribution is 0.173. The van der Waals surface area contributed by atoms with Crippen molar-refractivity contribution in [1.82, 2.24) is 20.5 Å². The number of likely N-dealkylation sites (N-methyl/N-ethyl adjacent to an activating group) is 1. The van der Waals surface area contributed by atoms with Crippen LogP contribution in [0.2, 0.25) is 0 Å². The van der Waals surface area contributed by atoms with E-state index in [1.54, 1.807) is 11.8 Å². The summed E-state index contributed by atoms with van der Waals surface area (Å²) in [6.07, 6.45) is 3.48. The Labute approximate surface area is 94.1 Å². The van der Waals surface area contributed by atoms with Gasteiger partial charge in [-0.3, -0.25) is 5.10 Å². The monoisotopic (exact) mass is 230 g/mol. The first-order chi connectivity index (χ1) is 7.20. The summed E-state index contributed by atoms with van der Waals surface area (Å²) in [5, 5.41) is 19.7. The third-order valence-electron chi connectivity index (χ3n) is 2.46. The van der Waals surface area contributed by atoms with Crippen LogP contribution in [0.5, 0.6) is 0 Å². The van der Waals surface area contributed by atoms with Gasteiger partial charge in [-0.25, -0.2) is 4.98 Å². The van der Waals surface area contributed by atoms with Crippen LogP contribution in [0.25, 0.3) is 0 Å². The van der Waals surface area contributed by atoms with Crippen molar-refractivity contribution in [2.24, 2.45) is 0 Å². The largest absolute Gasteiger partial charge is 0.394 e. The molecule has 15 heavy (non-hydrogen) atoms. The molecule has 1 aromatic heterocycles. The highest BCUT2D eigenvalue weighted by molar-refractivity contribution is 7.99. The molecule has 0 fully saturated rings. The highest BCUT2D eigenvalue weighted by Crippen LogP contribution is 2.17. The summed E-state index contributed by atoms with van der Waals surface area (Å²) in [4.78, 5) is 4.02. The second-order valence-electron chi connectivity index (χ2n) is 3.71. The highest BCUT2D eigenvalue weighted by atomic mass is 32.2. The van der Waals surface area contributed by atoms with E-state index in [1.165, 1.54) is 6.33 Å². The van der Waals surface area contributed by atoms with Crippen molar-refractivity contribution in [1.29, 1.82) is 0 Å². The van der Waals surface area contributed by atoms with Crippen LogP contribution in [0.4, 0.5) is 0 Å². The Balaban J connectivity index is 2.16. The summed E-state index contributed by atoms with van der Waals surface area (Å²) in [6.45, 7) is 2.18. The summed E-state index contributed by atoms with van der Waals surface area (Å²) < 4.78 is 0. The molecule has 1 aromatic rings. The van der Waals surface area contributed by atoms with E-state index in [0.29, 0.717) is 0 Å². The molecule has 1 unspecified atom stereocenters. The maximum Gasteiger partial charge on any atom is 0.183 e. The number of hydrogen-bond acceptors (Lipinski definition) is 5. The average Bonchev–Trinajstić information content (AvgIpc) is 2.77. The predicted molar refractivity (Wildman–Crippen MR) is 60.9 cm³/mol. The van der Waals surface area contributed by atoms with E-state index in [1.807, 2.05) is 14.0 Å². The maximum atomic E-state index is 9.17. The molecule has 0 radical (unpaired) electrons. The topological polar surface area (TPSA) is 73.8 Å². The molecule has 1 heterocycles. The van der Waals surface area contributed by atoms with Crippen molar-refractivity contribution in [3.05, 3.63) is 6.33 Å². The van der Waals surface area contributed by atoms with Crippen LogP contribution >= 0.6 is 11.8 Å². The van der Waals surface area contributed by atoms with Gasteiger partial charge in [0.2, 0.25) is 0 Å². The molecule has 0 bridgehead atoms. The first-order valence-corrected chi connectivity index (χ1v) is 5.97. The Kier molecular flexibility index (Phi) is 5.07. The predicted octanol–water partition coefficient (Wildman–Crippen LogP) is 0.647. The van der Waals surface area contributed by atoms with Gasteiger partial charge in [0, 0.05) is 11.3 Å². The van der Waals surface area contributed by atoms with Crippen LogP contribution in [0.1, 0.15) is 19.8 Å². The minimum absolute atomic E-state index is 0.163. The van der Waals surface area contributed by atoms with Gasteiger partial charge in [-0.2, -0.15) is 5.10 Å². The zero-order chi connectivity index (χ0) is 11.1.